The maximum Gasteiger partial charge on any atom is 0.327 e. The van der Waals surface area contributed by atoms with E-state index in [-0.39, 0.29) is 5.75 Å². The molecule has 7 nitrogen and oxygen atoms in total. The highest BCUT2D eigenvalue weighted by Crippen LogP contribution is 2.46. The van der Waals surface area contributed by atoms with Crippen molar-refractivity contribution in [2.75, 3.05) is 11.5 Å². The van der Waals surface area contributed by atoms with Gasteiger partial charge in [0.1, 0.15) is 11.5 Å². The van der Waals surface area contributed by atoms with Crippen LogP contribution in [-0.2, 0) is 14.4 Å². The van der Waals surface area contributed by atoms with Gasteiger partial charge in [-0.1, -0.05) is 43.6 Å². The molecule has 1 fully saturated rings. The molecule has 5 N–H and O–H groups in total. The monoisotopic (exact) mass is 453 g/mol. The van der Waals surface area contributed by atoms with Crippen LogP contribution in [0.1, 0.15) is 72.6 Å². The predicted octanol–water partition coefficient (Wildman–Crippen LogP) is 3.56. The van der Waals surface area contributed by atoms with E-state index >= 15 is 0 Å². The lowest BCUT2D eigenvalue weighted by Gasteiger charge is -2.18. The summed E-state index contributed by atoms with van der Waals surface area (Å²) in [6, 6.07) is -1.04. The summed E-state index contributed by atoms with van der Waals surface area (Å²) in [7, 11) is 0. The number of carbonyl (C=O) groups is 3. The van der Waals surface area contributed by atoms with Crippen LogP contribution >= 0.6 is 11.8 Å². The summed E-state index contributed by atoms with van der Waals surface area (Å²) in [5.74, 6) is 4.56. The van der Waals surface area contributed by atoms with Gasteiger partial charge < -0.3 is 10.4 Å². The number of rotatable bonds is 15. The summed E-state index contributed by atoms with van der Waals surface area (Å²) >= 11 is 1.45. The highest BCUT2D eigenvalue weighted by molar-refractivity contribution is 7.99. The van der Waals surface area contributed by atoms with Crippen molar-refractivity contribution in [1.82, 2.24) is 10.7 Å². The number of allylic oxidation sites excluding steroid dienone is 3. The Balaban J connectivity index is 2.35. The van der Waals surface area contributed by atoms with Crippen LogP contribution in [0.3, 0.4) is 0 Å². The van der Waals surface area contributed by atoms with E-state index in [9.17, 15) is 19.5 Å². The number of thioether (sulfide) groups is 1. The van der Waals surface area contributed by atoms with E-state index in [4.69, 9.17) is 5.84 Å². The zero-order valence-corrected chi connectivity index (χ0v) is 20.1. The number of hydrogen-bond donors (Lipinski definition) is 4. The van der Waals surface area contributed by atoms with Gasteiger partial charge in [-0.3, -0.25) is 15.0 Å². The SMILES string of the molecule is CC(=CCSCC(NC(=O)C1(C(=O)NN)CC1)C(=O)O)CCC=C(C)CCCC(C)C. The first-order valence-electron chi connectivity index (χ1n) is 11.1. The molecule has 0 radical (unpaired) electrons. The number of nitrogens with two attached hydrogens (primary N) is 1. The second-order valence-electron chi connectivity index (χ2n) is 8.88. The van der Waals surface area contributed by atoms with Crippen molar-refractivity contribution >= 4 is 29.5 Å². The Bertz CT molecular complexity index is 684. The summed E-state index contributed by atoms with van der Waals surface area (Å²) in [5, 5.41) is 11.9. The zero-order chi connectivity index (χ0) is 23.4. The van der Waals surface area contributed by atoms with Crippen LogP contribution in [0.5, 0.6) is 0 Å². The first kappa shape index (κ1) is 27.2. The molecule has 8 heteroatoms. The number of carboxylic acids is 1. The summed E-state index contributed by atoms with van der Waals surface area (Å²) in [6.07, 6.45) is 10.9. The molecule has 1 saturated carbocycles. The van der Waals surface area contributed by atoms with Crippen LogP contribution in [-0.4, -0.2) is 40.4 Å². The lowest BCUT2D eigenvalue weighted by atomic mass is 10.0. The highest BCUT2D eigenvalue weighted by Gasteiger charge is 2.56. The van der Waals surface area contributed by atoms with Crippen molar-refractivity contribution in [2.24, 2.45) is 17.2 Å². The molecule has 176 valence electrons. The molecule has 0 aliphatic heterocycles. The number of hydrogen-bond acceptors (Lipinski definition) is 5. The van der Waals surface area contributed by atoms with Gasteiger partial charge >= 0.3 is 5.97 Å². The van der Waals surface area contributed by atoms with Crippen molar-refractivity contribution < 1.29 is 19.5 Å². The Morgan fingerprint density at radius 1 is 1.10 bits per heavy atom. The minimum atomic E-state index is -1.20. The number of carboxylic acid groups (broad SMARTS) is 1. The molecule has 1 rings (SSSR count). The molecular weight excluding hydrogens is 414 g/mol. The molecule has 1 aliphatic rings. The van der Waals surface area contributed by atoms with Gasteiger partial charge in [0.2, 0.25) is 11.8 Å². The van der Waals surface area contributed by atoms with Gasteiger partial charge in [0.15, 0.2) is 0 Å². The van der Waals surface area contributed by atoms with E-state index < -0.39 is 29.2 Å². The third kappa shape index (κ3) is 9.91. The lowest BCUT2D eigenvalue weighted by molar-refractivity contribution is -0.144. The fraction of sp³-hybridized carbons (Fsp3) is 0.696. The third-order valence-corrected chi connectivity index (χ3v) is 6.54. The molecule has 0 saturated heterocycles. The summed E-state index contributed by atoms with van der Waals surface area (Å²) in [6.45, 7) is 8.78. The normalized spacial score (nSPS) is 16.7. The standard InChI is InChI=1S/C23H39N3O4S/c1-16(2)7-5-8-17(3)9-6-10-18(4)11-14-31-15-19(20(27)28)25-21(29)23(12-13-23)22(30)26-24/h9,11,16,19H,5-8,10,12-15,24H2,1-4H3,(H,25,29)(H,26,30)(H,27,28). The molecular formula is C23H39N3O4S. The quantitative estimate of drug-likeness (QED) is 0.0751. The Morgan fingerprint density at radius 3 is 2.29 bits per heavy atom. The van der Waals surface area contributed by atoms with Crippen molar-refractivity contribution in [3.8, 4) is 0 Å². The van der Waals surface area contributed by atoms with Crippen molar-refractivity contribution in [2.45, 2.75) is 78.7 Å². The smallest absolute Gasteiger partial charge is 0.327 e. The van der Waals surface area contributed by atoms with Crippen LogP contribution in [0.2, 0.25) is 0 Å². The average molecular weight is 454 g/mol. The fourth-order valence-electron chi connectivity index (χ4n) is 3.22. The molecule has 1 aliphatic carbocycles. The van der Waals surface area contributed by atoms with E-state index in [0.717, 1.165) is 25.2 Å². The molecule has 0 bridgehead atoms. The van der Waals surface area contributed by atoms with Gasteiger partial charge in [-0.2, -0.15) is 11.8 Å². The molecule has 1 unspecified atom stereocenters. The topological polar surface area (TPSA) is 122 Å². The Hall–Kier alpha value is -1.80. The van der Waals surface area contributed by atoms with E-state index in [0.29, 0.717) is 18.6 Å². The molecule has 0 heterocycles. The number of amides is 2. The summed E-state index contributed by atoms with van der Waals surface area (Å²) in [5.41, 5.74) is 3.50. The molecule has 1 atom stereocenters. The van der Waals surface area contributed by atoms with Gasteiger partial charge in [0.25, 0.3) is 0 Å². The minimum Gasteiger partial charge on any atom is -0.480 e. The van der Waals surface area contributed by atoms with Crippen molar-refractivity contribution in [1.29, 1.82) is 0 Å². The maximum absolute atomic E-state index is 12.3. The fourth-order valence-corrected chi connectivity index (χ4v) is 4.22. The Labute approximate surface area is 190 Å². The zero-order valence-electron chi connectivity index (χ0n) is 19.3. The molecule has 31 heavy (non-hydrogen) atoms. The van der Waals surface area contributed by atoms with E-state index in [2.05, 4.69) is 45.2 Å². The first-order valence-corrected chi connectivity index (χ1v) is 12.2. The summed E-state index contributed by atoms with van der Waals surface area (Å²) < 4.78 is 0. The van der Waals surface area contributed by atoms with Crippen LogP contribution in [0.15, 0.2) is 23.3 Å². The number of carbonyl (C=O) groups excluding carboxylic acids is 2. The number of hydrazine groups is 1. The molecule has 0 aromatic heterocycles. The number of nitrogens with one attached hydrogen (secondary N) is 2. The maximum atomic E-state index is 12.3. The van der Waals surface area contributed by atoms with Gasteiger partial charge in [-0.25, -0.2) is 10.6 Å². The van der Waals surface area contributed by atoms with E-state index in [1.54, 1.807) is 0 Å². The first-order chi connectivity index (χ1) is 14.6. The molecule has 0 aromatic rings. The Morgan fingerprint density at radius 2 is 1.74 bits per heavy atom. The largest absolute Gasteiger partial charge is 0.480 e. The Kier molecular flexibility index (Phi) is 11.9. The van der Waals surface area contributed by atoms with Gasteiger partial charge in [0, 0.05) is 11.5 Å². The van der Waals surface area contributed by atoms with Crippen molar-refractivity contribution in [3.63, 3.8) is 0 Å². The van der Waals surface area contributed by atoms with Crippen LogP contribution in [0.25, 0.3) is 0 Å². The second-order valence-corrected chi connectivity index (χ2v) is 9.96. The third-order valence-electron chi connectivity index (χ3n) is 5.57. The highest BCUT2D eigenvalue weighted by atomic mass is 32.2. The second kappa shape index (κ2) is 13.6. The summed E-state index contributed by atoms with van der Waals surface area (Å²) in [4.78, 5) is 35.6. The lowest BCUT2D eigenvalue weighted by Crippen LogP contribution is -2.51. The van der Waals surface area contributed by atoms with E-state index in [1.807, 2.05) is 5.43 Å². The van der Waals surface area contributed by atoms with Crippen LogP contribution < -0.4 is 16.6 Å². The van der Waals surface area contributed by atoms with Gasteiger partial charge in [0.05, 0.1) is 0 Å². The van der Waals surface area contributed by atoms with Gasteiger partial charge in [-0.05, 0) is 58.3 Å². The number of aliphatic carboxylic acids is 1. The van der Waals surface area contributed by atoms with Gasteiger partial charge in [-0.15, -0.1) is 0 Å². The van der Waals surface area contributed by atoms with E-state index in [1.165, 1.54) is 35.7 Å². The molecule has 2 amide bonds. The molecule has 0 spiro atoms. The average Bonchev–Trinajstić information content (AvgIpc) is 3.51. The van der Waals surface area contributed by atoms with Crippen LogP contribution in [0, 0.1) is 11.3 Å². The minimum absolute atomic E-state index is 0.236. The molecule has 0 aromatic carbocycles. The van der Waals surface area contributed by atoms with Crippen LogP contribution in [0.4, 0.5) is 0 Å². The van der Waals surface area contributed by atoms with Crippen molar-refractivity contribution in [3.05, 3.63) is 23.3 Å². The predicted molar refractivity (Wildman–Crippen MR) is 126 cm³/mol.